The van der Waals surface area contributed by atoms with Gasteiger partial charge in [0, 0.05) is 17.9 Å². The Balaban J connectivity index is 2.06. The number of pyridine rings is 1. The summed E-state index contributed by atoms with van der Waals surface area (Å²) in [5.41, 5.74) is 2.15. The molecule has 1 aliphatic rings. The number of nitrogens with zero attached hydrogens (tertiary/aromatic N) is 1. The van der Waals surface area contributed by atoms with E-state index in [0.717, 1.165) is 30.6 Å². The molecule has 1 N–H and O–H groups in total. The van der Waals surface area contributed by atoms with Crippen molar-refractivity contribution < 1.29 is 8.42 Å². The van der Waals surface area contributed by atoms with E-state index in [9.17, 15) is 8.42 Å². The van der Waals surface area contributed by atoms with Crippen LogP contribution in [-0.2, 0) is 9.84 Å². The van der Waals surface area contributed by atoms with Gasteiger partial charge >= 0.3 is 0 Å². The van der Waals surface area contributed by atoms with E-state index >= 15 is 0 Å². The summed E-state index contributed by atoms with van der Waals surface area (Å²) >= 11 is 0. The van der Waals surface area contributed by atoms with E-state index in [0.29, 0.717) is 11.5 Å². The highest BCUT2D eigenvalue weighted by atomic mass is 32.2. The lowest BCUT2D eigenvalue weighted by atomic mass is 9.95. The summed E-state index contributed by atoms with van der Waals surface area (Å²) in [6.07, 6.45) is 3.56. The third-order valence-electron chi connectivity index (χ3n) is 3.68. The van der Waals surface area contributed by atoms with Crippen LogP contribution >= 0.6 is 0 Å². The van der Waals surface area contributed by atoms with Gasteiger partial charge in [0.05, 0.1) is 11.5 Å². The molecule has 0 bridgehead atoms. The zero-order chi connectivity index (χ0) is 13.9. The number of aromatic nitrogens is 1. The van der Waals surface area contributed by atoms with Gasteiger partial charge in [0.2, 0.25) is 0 Å². The minimum absolute atomic E-state index is 0.205. The van der Waals surface area contributed by atoms with Gasteiger partial charge in [-0.1, -0.05) is 13.0 Å². The van der Waals surface area contributed by atoms with Crippen molar-refractivity contribution in [2.24, 2.45) is 5.92 Å². The van der Waals surface area contributed by atoms with Crippen molar-refractivity contribution in [3.05, 3.63) is 29.6 Å². The fourth-order valence-corrected chi connectivity index (χ4v) is 4.54. The number of hydrogen-bond donors (Lipinski definition) is 1. The quantitative estimate of drug-likeness (QED) is 0.895. The summed E-state index contributed by atoms with van der Waals surface area (Å²) in [5.74, 6) is 0.965. The van der Waals surface area contributed by atoms with Gasteiger partial charge in [-0.05, 0) is 43.9 Å². The van der Waals surface area contributed by atoms with Gasteiger partial charge < -0.3 is 5.32 Å². The molecule has 2 unspecified atom stereocenters. The lowest BCUT2D eigenvalue weighted by molar-refractivity contribution is 0.421. The Morgan fingerprint density at radius 3 is 2.79 bits per heavy atom. The van der Waals surface area contributed by atoms with Gasteiger partial charge in [-0.3, -0.25) is 4.98 Å². The number of aryl methyl sites for hydroxylation is 1. The molecule has 1 fully saturated rings. The zero-order valence-electron chi connectivity index (χ0n) is 11.6. The molecule has 5 heteroatoms. The Kier molecular flexibility index (Phi) is 4.58. The van der Waals surface area contributed by atoms with Crippen LogP contribution in [0, 0.1) is 12.8 Å². The topological polar surface area (TPSA) is 59.1 Å². The molecule has 1 aliphatic heterocycles. The Labute approximate surface area is 115 Å². The molecule has 0 radical (unpaired) electrons. The van der Waals surface area contributed by atoms with Gasteiger partial charge in [-0.15, -0.1) is 0 Å². The lowest BCUT2D eigenvalue weighted by Crippen LogP contribution is -2.24. The molecule has 19 heavy (non-hydrogen) atoms. The number of rotatable bonds is 5. The van der Waals surface area contributed by atoms with Crippen molar-refractivity contribution in [2.75, 3.05) is 18.1 Å². The molecule has 0 spiro atoms. The number of hydrogen-bond acceptors (Lipinski definition) is 4. The summed E-state index contributed by atoms with van der Waals surface area (Å²) in [7, 11) is -2.79. The molecule has 0 aromatic carbocycles. The monoisotopic (exact) mass is 282 g/mol. The van der Waals surface area contributed by atoms with Crippen molar-refractivity contribution in [2.45, 2.75) is 32.7 Å². The molecular formula is C14H22N2O2S. The Bertz CT molecular complexity index is 511. The summed E-state index contributed by atoms with van der Waals surface area (Å²) in [4.78, 5) is 4.33. The van der Waals surface area contributed by atoms with Gasteiger partial charge in [0.25, 0.3) is 0 Å². The lowest BCUT2D eigenvalue weighted by Gasteiger charge is -2.21. The standard InChI is InChI=1S/C14H22N2O2S/c1-3-15-14(13-5-4-11(2)16-9-13)8-12-6-7-19(17,18)10-12/h4-5,9,12,14-15H,3,6-8,10H2,1-2H3. The maximum Gasteiger partial charge on any atom is 0.150 e. The maximum absolute atomic E-state index is 11.5. The first-order valence-electron chi connectivity index (χ1n) is 6.86. The van der Waals surface area contributed by atoms with E-state index < -0.39 is 9.84 Å². The first kappa shape index (κ1) is 14.5. The average molecular weight is 282 g/mol. The van der Waals surface area contributed by atoms with Crippen molar-refractivity contribution in [3.63, 3.8) is 0 Å². The van der Waals surface area contributed by atoms with Crippen molar-refractivity contribution in [3.8, 4) is 0 Å². The Morgan fingerprint density at radius 2 is 2.26 bits per heavy atom. The molecular weight excluding hydrogens is 260 g/mol. The predicted octanol–water partition coefficient (Wildman–Crippen LogP) is 1.87. The Hall–Kier alpha value is -0.940. The fourth-order valence-electron chi connectivity index (χ4n) is 2.66. The molecule has 2 rings (SSSR count). The molecule has 4 nitrogen and oxygen atoms in total. The Morgan fingerprint density at radius 1 is 1.47 bits per heavy atom. The summed E-state index contributed by atoms with van der Waals surface area (Å²) in [5, 5.41) is 3.44. The van der Waals surface area contributed by atoms with E-state index in [4.69, 9.17) is 0 Å². The summed E-state index contributed by atoms with van der Waals surface area (Å²) in [6.45, 7) is 4.91. The molecule has 1 aromatic rings. The van der Waals surface area contributed by atoms with Crippen LogP contribution in [0.4, 0.5) is 0 Å². The van der Waals surface area contributed by atoms with Crippen molar-refractivity contribution >= 4 is 9.84 Å². The molecule has 2 heterocycles. The van der Waals surface area contributed by atoms with Gasteiger partial charge in [0.1, 0.15) is 0 Å². The first-order valence-corrected chi connectivity index (χ1v) is 8.68. The molecule has 1 aromatic heterocycles. The van der Waals surface area contributed by atoms with E-state index in [1.807, 2.05) is 19.2 Å². The highest BCUT2D eigenvalue weighted by molar-refractivity contribution is 7.91. The highest BCUT2D eigenvalue weighted by Gasteiger charge is 2.30. The van der Waals surface area contributed by atoms with E-state index in [-0.39, 0.29) is 12.0 Å². The van der Waals surface area contributed by atoms with Gasteiger partial charge in [-0.25, -0.2) is 8.42 Å². The van der Waals surface area contributed by atoms with E-state index in [1.165, 1.54) is 0 Å². The fraction of sp³-hybridized carbons (Fsp3) is 0.643. The van der Waals surface area contributed by atoms with Crippen LogP contribution in [-0.4, -0.2) is 31.5 Å². The molecule has 0 saturated carbocycles. The molecule has 2 atom stereocenters. The van der Waals surface area contributed by atoms with Gasteiger partial charge in [0.15, 0.2) is 9.84 Å². The van der Waals surface area contributed by atoms with Crippen LogP contribution < -0.4 is 5.32 Å². The molecule has 0 aliphatic carbocycles. The third kappa shape index (κ3) is 4.01. The second kappa shape index (κ2) is 6.01. The zero-order valence-corrected chi connectivity index (χ0v) is 12.4. The summed E-state index contributed by atoms with van der Waals surface area (Å²) in [6, 6.07) is 4.29. The van der Waals surface area contributed by atoms with Crippen LogP contribution in [0.1, 0.15) is 37.1 Å². The smallest absolute Gasteiger partial charge is 0.150 e. The highest BCUT2D eigenvalue weighted by Crippen LogP contribution is 2.28. The molecule has 1 saturated heterocycles. The van der Waals surface area contributed by atoms with Gasteiger partial charge in [-0.2, -0.15) is 0 Å². The average Bonchev–Trinajstić information content (AvgIpc) is 2.69. The van der Waals surface area contributed by atoms with E-state index in [1.54, 1.807) is 0 Å². The molecule has 0 amide bonds. The van der Waals surface area contributed by atoms with Crippen LogP contribution in [0.25, 0.3) is 0 Å². The van der Waals surface area contributed by atoms with Crippen LogP contribution in [0.3, 0.4) is 0 Å². The SMILES string of the molecule is CCNC(CC1CCS(=O)(=O)C1)c1ccc(C)nc1. The predicted molar refractivity (Wildman–Crippen MR) is 76.8 cm³/mol. The normalized spacial score (nSPS) is 23.4. The number of nitrogens with one attached hydrogen (secondary N) is 1. The second-order valence-corrected chi connectivity index (χ2v) is 7.58. The minimum Gasteiger partial charge on any atom is -0.310 e. The third-order valence-corrected chi connectivity index (χ3v) is 5.52. The minimum atomic E-state index is -2.79. The van der Waals surface area contributed by atoms with Crippen molar-refractivity contribution in [1.82, 2.24) is 10.3 Å². The summed E-state index contributed by atoms with van der Waals surface area (Å²) < 4.78 is 23.1. The maximum atomic E-state index is 11.5. The number of sulfone groups is 1. The first-order chi connectivity index (χ1) is 9.00. The van der Waals surface area contributed by atoms with Crippen LogP contribution in [0.5, 0.6) is 0 Å². The van der Waals surface area contributed by atoms with E-state index in [2.05, 4.69) is 23.3 Å². The van der Waals surface area contributed by atoms with Crippen LogP contribution in [0.15, 0.2) is 18.3 Å². The molecule has 106 valence electrons. The van der Waals surface area contributed by atoms with Crippen LogP contribution in [0.2, 0.25) is 0 Å². The van der Waals surface area contributed by atoms with Crippen molar-refractivity contribution in [1.29, 1.82) is 0 Å². The second-order valence-electron chi connectivity index (χ2n) is 5.35. The largest absolute Gasteiger partial charge is 0.310 e.